The molecule has 1 aliphatic carbocycles. The molecule has 6 nitrogen and oxygen atoms in total. The number of hydrogen-bond donors (Lipinski definition) is 0. The van der Waals surface area contributed by atoms with Crippen molar-refractivity contribution in [3.05, 3.63) is 133 Å². The van der Waals surface area contributed by atoms with E-state index in [1.807, 2.05) is 79.1 Å². The van der Waals surface area contributed by atoms with Gasteiger partial charge in [-0.1, -0.05) is 74.5 Å². The summed E-state index contributed by atoms with van der Waals surface area (Å²) in [7, 11) is 0. The van der Waals surface area contributed by atoms with Crippen LogP contribution in [0.2, 0.25) is 0 Å². The standard InChI is InChI=1S/C39H26N4O2/c1-39(2)30-10-4-3-9-28(30)29-16-15-23(20-31(29)39)36-40-21-27(22-41-36)24-17-25(37-42-32-11-5-7-13-34(32)44-37)19-26(18-24)38-43-33-12-6-8-14-35(33)45-38/h3-22H,1-2H3. The molecule has 214 valence electrons. The maximum absolute atomic E-state index is 6.15. The Labute approximate surface area is 259 Å². The van der Waals surface area contributed by atoms with Crippen LogP contribution in [0.3, 0.4) is 0 Å². The minimum absolute atomic E-state index is 0.0892. The number of benzene rings is 5. The van der Waals surface area contributed by atoms with Crippen molar-refractivity contribution in [3.63, 3.8) is 0 Å². The second-order valence-corrected chi connectivity index (χ2v) is 12.0. The average Bonchev–Trinajstić information content (AvgIpc) is 3.78. The van der Waals surface area contributed by atoms with Gasteiger partial charge in [0.15, 0.2) is 17.0 Å². The van der Waals surface area contributed by atoms with E-state index in [0.717, 1.165) is 50.0 Å². The number of oxazole rings is 2. The van der Waals surface area contributed by atoms with Crippen LogP contribution in [-0.2, 0) is 5.41 Å². The first-order chi connectivity index (χ1) is 22.0. The highest BCUT2D eigenvalue weighted by molar-refractivity contribution is 5.84. The SMILES string of the molecule is CC1(C)c2ccccc2-c2ccc(-c3ncc(-c4cc(-c5nc6ccccc6o5)cc(-c5nc6ccccc6o5)c4)cn3)cc21. The summed E-state index contributed by atoms with van der Waals surface area (Å²) in [6.45, 7) is 4.56. The first-order valence-electron chi connectivity index (χ1n) is 15.0. The lowest BCUT2D eigenvalue weighted by Gasteiger charge is -2.21. The monoisotopic (exact) mass is 582 g/mol. The molecule has 0 amide bonds. The zero-order valence-corrected chi connectivity index (χ0v) is 24.7. The van der Waals surface area contributed by atoms with Gasteiger partial charge in [-0.15, -0.1) is 0 Å². The summed E-state index contributed by atoms with van der Waals surface area (Å²) in [6, 6.07) is 36.8. The van der Waals surface area contributed by atoms with Crippen molar-refractivity contribution in [2.75, 3.05) is 0 Å². The van der Waals surface area contributed by atoms with Crippen LogP contribution in [-0.4, -0.2) is 19.9 Å². The van der Waals surface area contributed by atoms with Crippen LogP contribution >= 0.6 is 0 Å². The normalized spacial score (nSPS) is 13.3. The summed E-state index contributed by atoms with van der Waals surface area (Å²) in [6.07, 6.45) is 3.74. The Morgan fingerprint density at radius 1 is 0.489 bits per heavy atom. The van der Waals surface area contributed by atoms with Crippen LogP contribution in [0.1, 0.15) is 25.0 Å². The molecule has 0 unspecified atom stereocenters. The molecule has 0 aliphatic heterocycles. The van der Waals surface area contributed by atoms with Gasteiger partial charge >= 0.3 is 0 Å². The van der Waals surface area contributed by atoms with Crippen LogP contribution < -0.4 is 0 Å². The van der Waals surface area contributed by atoms with Crippen molar-refractivity contribution >= 4 is 22.2 Å². The molecule has 3 heterocycles. The lowest BCUT2D eigenvalue weighted by Crippen LogP contribution is -2.14. The molecule has 6 heteroatoms. The summed E-state index contributed by atoms with van der Waals surface area (Å²) in [4.78, 5) is 19.2. The summed E-state index contributed by atoms with van der Waals surface area (Å²) in [5, 5.41) is 0. The maximum atomic E-state index is 6.15. The van der Waals surface area contributed by atoms with Gasteiger partial charge in [0.25, 0.3) is 0 Å². The second kappa shape index (κ2) is 9.56. The predicted octanol–water partition coefficient (Wildman–Crippen LogP) is 9.73. The molecule has 1 aliphatic rings. The van der Waals surface area contributed by atoms with Crippen molar-refractivity contribution in [3.8, 4) is 56.6 Å². The third kappa shape index (κ3) is 4.10. The van der Waals surface area contributed by atoms with Crippen LogP contribution in [0.4, 0.5) is 0 Å². The molecule has 0 bridgehead atoms. The Bertz CT molecular complexity index is 2260. The van der Waals surface area contributed by atoms with Gasteiger partial charge in [0.1, 0.15) is 11.0 Å². The smallest absolute Gasteiger partial charge is 0.227 e. The zero-order chi connectivity index (χ0) is 30.1. The van der Waals surface area contributed by atoms with Gasteiger partial charge in [-0.25, -0.2) is 19.9 Å². The van der Waals surface area contributed by atoms with Crippen molar-refractivity contribution in [2.24, 2.45) is 0 Å². The molecular weight excluding hydrogens is 556 g/mol. The fourth-order valence-electron chi connectivity index (χ4n) is 6.50. The minimum Gasteiger partial charge on any atom is -0.436 e. The fourth-order valence-corrected chi connectivity index (χ4v) is 6.50. The zero-order valence-electron chi connectivity index (χ0n) is 24.7. The van der Waals surface area contributed by atoms with Crippen molar-refractivity contribution in [2.45, 2.75) is 19.3 Å². The van der Waals surface area contributed by atoms with Crippen LogP contribution in [0.25, 0.3) is 78.7 Å². The Morgan fingerprint density at radius 2 is 1.04 bits per heavy atom. The van der Waals surface area contributed by atoms with E-state index >= 15 is 0 Å². The summed E-state index contributed by atoms with van der Waals surface area (Å²) in [5.74, 6) is 1.73. The van der Waals surface area contributed by atoms with E-state index in [0.29, 0.717) is 17.6 Å². The number of para-hydroxylation sites is 4. The number of hydrogen-bond acceptors (Lipinski definition) is 6. The topological polar surface area (TPSA) is 77.8 Å². The molecule has 5 aromatic carbocycles. The summed E-state index contributed by atoms with van der Waals surface area (Å²) < 4.78 is 12.3. The molecule has 0 radical (unpaired) electrons. The number of nitrogens with zero attached hydrogens (tertiary/aromatic N) is 4. The molecule has 0 saturated carbocycles. The number of rotatable bonds is 4. The van der Waals surface area contributed by atoms with Gasteiger partial charge in [-0.2, -0.15) is 0 Å². The molecule has 0 fully saturated rings. The highest BCUT2D eigenvalue weighted by Gasteiger charge is 2.35. The number of aromatic nitrogens is 4. The third-order valence-electron chi connectivity index (χ3n) is 8.84. The van der Waals surface area contributed by atoms with E-state index in [4.69, 9.17) is 28.8 Å². The van der Waals surface area contributed by atoms with E-state index in [9.17, 15) is 0 Å². The molecule has 0 N–H and O–H groups in total. The van der Waals surface area contributed by atoms with Gasteiger partial charge in [0.05, 0.1) is 0 Å². The van der Waals surface area contributed by atoms with Crippen molar-refractivity contribution in [1.29, 1.82) is 0 Å². The molecule has 8 aromatic rings. The molecule has 45 heavy (non-hydrogen) atoms. The molecule has 0 spiro atoms. The average molecular weight is 583 g/mol. The van der Waals surface area contributed by atoms with Crippen molar-refractivity contribution < 1.29 is 8.83 Å². The highest BCUT2D eigenvalue weighted by Crippen LogP contribution is 2.49. The molecular formula is C39H26N4O2. The van der Waals surface area contributed by atoms with Crippen molar-refractivity contribution in [1.82, 2.24) is 19.9 Å². The van der Waals surface area contributed by atoms with Gasteiger partial charge in [-0.3, -0.25) is 0 Å². The first kappa shape index (κ1) is 25.6. The number of fused-ring (bicyclic) bond motifs is 5. The van der Waals surface area contributed by atoms with Gasteiger partial charge < -0.3 is 8.83 Å². The van der Waals surface area contributed by atoms with Crippen LogP contribution in [0.15, 0.2) is 130 Å². The summed E-state index contributed by atoms with van der Waals surface area (Å²) >= 11 is 0. The molecule has 3 aromatic heterocycles. The maximum Gasteiger partial charge on any atom is 0.227 e. The Kier molecular flexibility index (Phi) is 5.44. The second-order valence-electron chi connectivity index (χ2n) is 12.0. The third-order valence-corrected chi connectivity index (χ3v) is 8.84. The van der Waals surface area contributed by atoms with Gasteiger partial charge in [-0.05, 0) is 76.3 Å². The Morgan fingerprint density at radius 3 is 1.69 bits per heavy atom. The van der Waals surface area contributed by atoms with Crippen LogP contribution in [0.5, 0.6) is 0 Å². The lowest BCUT2D eigenvalue weighted by atomic mass is 9.82. The Hall–Kier alpha value is -5.88. The van der Waals surface area contributed by atoms with E-state index in [2.05, 4.69) is 56.3 Å². The largest absolute Gasteiger partial charge is 0.436 e. The van der Waals surface area contributed by atoms with E-state index in [1.54, 1.807) is 0 Å². The minimum atomic E-state index is -0.0892. The first-order valence-corrected chi connectivity index (χ1v) is 15.0. The van der Waals surface area contributed by atoms with Gasteiger partial charge in [0, 0.05) is 40.1 Å². The lowest BCUT2D eigenvalue weighted by molar-refractivity contribution is 0.617. The van der Waals surface area contributed by atoms with Gasteiger partial charge in [0.2, 0.25) is 11.8 Å². The Balaban J connectivity index is 1.13. The van der Waals surface area contributed by atoms with E-state index in [1.165, 1.54) is 22.3 Å². The molecule has 9 rings (SSSR count). The molecule has 0 atom stereocenters. The quantitative estimate of drug-likeness (QED) is 0.206. The molecule has 0 saturated heterocycles. The van der Waals surface area contributed by atoms with E-state index < -0.39 is 0 Å². The predicted molar refractivity (Wildman–Crippen MR) is 176 cm³/mol. The van der Waals surface area contributed by atoms with E-state index in [-0.39, 0.29) is 5.41 Å². The summed E-state index contributed by atoms with van der Waals surface area (Å²) in [5.41, 5.74) is 12.6. The fraction of sp³-hybridized carbons (Fsp3) is 0.0769. The van der Waals surface area contributed by atoms with Crippen LogP contribution in [0, 0.1) is 0 Å². The highest BCUT2D eigenvalue weighted by atomic mass is 16.4.